The van der Waals surface area contributed by atoms with E-state index in [0.717, 1.165) is 32.1 Å². The Bertz CT molecular complexity index is 662. The minimum Gasteiger partial charge on any atom is -0.481 e. The molecule has 3 atom stereocenters. The molecule has 7 heteroatoms. The number of rotatable bonds is 8. The van der Waals surface area contributed by atoms with E-state index in [1.165, 1.54) is 7.11 Å². The van der Waals surface area contributed by atoms with Gasteiger partial charge in [0.25, 0.3) is 5.91 Å². The first-order valence-corrected chi connectivity index (χ1v) is 9.83. The van der Waals surface area contributed by atoms with Gasteiger partial charge >= 0.3 is 0 Å². The number of hydrogen-bond acceptors (Lipinski definition) is 5. The summed E-state index contributed by atoms with van der Waals surface area (Å²) >= 11 is 0. The second kappa shape index (κ2) is 9.17. The Hall–Kier alpha value is -2.15. The number of nitrogens with zero attached hydrogens (tertiary/aromatic N) is 1. The lowest BCUT2D eigenvalue weighted by atomic mass is 9.83. The summed E-state index contributed by atoms with van der Waals surface area (Å²) in [5.74, 6) is 0.321. The highest BCUT2D eigenvalue weighted by molar-refractivity contribution is 5.94. The van der Waals surface area contributed by atoms with Crippen LogP contribution in [0.25, 0.3) is 0 Å². The molecule has 0 unspecified atom stereocenters. The van der Waals surface area contributed by atoms with E-state index >= 15 is 0 Å². The maximum Gasteiger partial charge on any atom is 0.251 e. The smallest absolute Gasteiger partial charge is 0.251 e. The average molecular weight is 375 g/mol. The summed E-state index contributed by atoms with van der Waals surface area (Å²) in [7, 11) is 1.52. The van der Waals surface area contributed by atoms with Gasteiger partial charge < -0.3 is 20.1 Å². The molecule has 2 fully saturated rings. The molecule has 0 aromatic carbocycles. The Morgan fingerprint density at radius 2 is 2.04 bits per heavy atom. The zero-order valence-corrected chi connectivity index (χ0v) is 16.1. The molecule has 0 aliphatic heterocycles. The Kier molecular flexibility index (Phi) is 6.66. The lowest BCUT2D eigenvalue weighted by Gasteiger charge is -2.36. The monoisotopic (exact) mass is 375 g/mol. The van der Waals surface area contributed by atoms with E-state index in [4.69, 9.17) is 9.47 Å². The fourth-order valence-corrected chi connectivity index (χ4v) is 3.45. The van der Waals surface area contributed by atoms with Crippen LogP contribution in [0, 0.1) is 5.92 Å². The van der Waals surface area contributed by atoms with Crippen molar-refractivity contribution in [1.29, 1.82) is 0 Å². The second-order valence-corrected chi connectivity index (χ2v) is 7.37. The van der Waals surface area contributed by atoms with Crippen molar-refractivity contribution < 1.29 is 19.1 Å². The van der Waals surface area contributed by atoms with Crippen LogP contribution in [0.3, 0.4) is 0 Å². The van der Waals surface area contributed by atoms with E-state index in [9.17, 15) is 9.59 Å². The first-order chi connectivity index (χ1) is 13.1. The Balaban J connectivity index is 1.61. The molecule has 148 valence electrons. The zero-order chi connectivity index (χ0) is 19.2. The van der Waals surface area contributed by atoms with Gasteiger partial charge in [-0.15, -0.1) is 0 Å². The number of ether oxygens (including phenoxy) is 2. The quantitative estimate of drug-likeness (QED) is 0.726. The van der Waals surface area contributed by atoms with Crippen LogP contribution in [0.2, 0.25) is 0 Å². The van der Waals surface area contributed by atoms with Crippen LogP contribution in [-0.2, 0) is 9.53 Å². The number of aromatic nitrogens is 1. The Morgan fingerprint density at radius 1 is 1.22 bits per heavy atom. The van der Waals surface area contributed by atoms with Gasteiger partial charge in [-0.3, -0.25) is 9.59 Å². The normalized spacial score (nSPS) is 24.9. The van der Waals surface area contributed by atoms with E-state index in [0.29, 0.717) is 30.5 Å². The molecule has 0 spiro atoms. The number of amides is 2. The van der Waals surface area contributed by atoms with Gasteiger partial charge in [0.2, 0.25) is 11.8 Å². The van der Waals surface area contributed by atoms with Crippen molar-refractivity contribution in [2.75, 3.05) is 13.7 Å². The summed E-state index contributed by atoms with van der Waals surface area (Å²) in [6.45, 7) is 2.67. The summed E-state index contributed by atoms with van der Waals surface area (Å²) in [6, 6.07) is 3.54. The van der Waals surface area contributed by atoms with Crippen LogP contribution in [0.15, 0.2) is 18.3 Å². The fourth-order valence-electron chi connectivity index (χ4n) is 3.45. The second-order valence-electron chi connectivity index (χ2n) is 7.37. The number of carbonyl (C=O) groups excluding carboxylic acids is 2. The van der Waals surface area contributed by atoms with E-state index in [2.05, 4.69) is 22.5 Å². The number of carbonyl (C=O) groups is 2. The lowest BCUT2D eigenvalue weighted by molar-refractivity contribution is -0.128. The third-order valence-electron chi connectivity index (χ3n) is 5.14. The van der Waals surface area contributed by atoms with E-state index in [1.54, 1.807) is 18.3 Å². The number of pyridine rings is 1. The molecule has 2 N–H and O–H groups in total. The molecule has 0 bridgehead atoms. The van der Waals surface area contributed by atoms with Crippen LogP contribution in [0.1, 0.15) is 55.8 Å². The molecule has 1 aromatic heterocycles. The van der Waals surface area contributed by atoms with Gasteiger partial charge in [-0.1, -0.05) is 6.92 Å². The van der Waals surface area contributed by atoms with Crippen LogP contribution < -0.4 is 15.4 Å². The molecular formula is C20H29N3O4. The molecule has 2 aliphatic carbocycles. The van der Waals surface area contributed by atoms with Crippen molar-refractivity contribution in [2.45, 2.75) is 63.6 Å². The van der Waals surface area contributed by atoms with Crippen molar-refractivity contribution in [3.05, 3.63) is 23.9 Å². The fraction of sp³-hybridized carbons (Fsp3) is 0.650. The third-order valence-corrected chi connectivity index (χ3v) is 5.14. The first kappa shape index (κ1) is 19.6. The van der Waals surface area contributed by atoms with Crippen molar-refractivity contribution in [3.63, 3.8) is 0 Å². The SMILES string of the molecule is CCCO[C@@H]1C[C@@H](C(=O)NC2CC2)CC[C@H]1NC(=O)c1ccnc(OC)c1. The maximum atomic E-state index is 12.6. The number of nitrogens with one attached hydrogen (secondary N) is 2. The molecule has 1 aromatic rings. The number of hydrogen-bond donors (Lipinski definition) is 2. The molecule has 27 heavy (non-hydrogen) atoms. The van der Waals surface area contributed by atoms with Gasteiger partial charge in [-0.25, -0.2) is 4.98 Å². The largest absolute Gasteiger partial charge is 0.481 e. The zero-order valence-electron chi connectivity index (χ0n) is 16.1. The van der Waals surface area contributed by atoms with Gasteiger partial charge in [0, 0.05) is 36.4 Å². The minimum absolute atomic E-state index is 0.0402. The first-order valence-electron chi connectivity index (χ1n) is 9.83. The number of methoxy groups -OCH3 is 1. The summed E-state index contributed by atoms with van der Waals surface area (Å²) in [5.41, 5.74) is 0.504. The van der Waals surface area contributed by atoms with Crippen LogP contribution >= 0.6 is 0 Å². The lowest BCUT2D eigenvalue weighted by Crippen LogP contribution is -2.50. The van der Waals surface area contributed by atoms with Crippen molar-refractivity contribution in [1.82, 2.24) is 15.6 Å². The molecule has 3 rings (SSSR count). The van der Waals surface area contributed by atoms with Gasteiger partial charge in [0.05, 0.1) is 19.3 Å². The minimum atomic E-state index is -0.174. The average Bonchev–Trinajstić information content (AvgIpc) is 3.51. The van der Waals surface area contributed by atoms with Crippen molar-refractivity contribution in [3.8, 4) is 5.88 Å². The highest BCUT2D eigenvalue weighted by Gasteiger charge is 2.37. The van der Waals surface area contributed by atoms with E-state index in [-0.39, 0.29) is 29.9 Å². The van der Waals surface area contributed by atoms with Crippen LogP contribution in [0.4, 0.5) is 0 Å². The maximum absolute atomic E-state index is 12.6. The van der Waals surface area contributed by atoms with E-state index < -0.39 is 0 Å². The van der Waals surface area contributed by atoms with Gasteiger partial charge in [0.15, 0.2) is 0 Å². The van der Waals surface area contributed by atoms with Crippen LogP contribution in [-0.4, -0.2) is 48.7 Å². The highest BCUT2D eigenvalue weighted by Crippen LogP contribution is 2.29. The van der Waals surface area contributed by atoms with Crippen LogP contribution in [0.5, 0.6) is 5.88 Å². The van der Waals surface area contributed by atoms with Gasteiger partial charge in [0.1, 0.15) is 0 Å². The summed E-state index contributed by atoms with van der Waals surface area (Å²) in [6.07, 6.45) is 6.60. The predicted octanol–water partition coefficient (Wildman–Crippen LogP) is 2.06. The summed E-state index contributed by atoms with van der Waals surface area (Å²) in [5, 5.41) is 6.17. The molecule has 7 nitrogen and oxygen atoms in total. The molecule has 0 radical (unpaired) electrons. The van der Waals surface area contributed by atoms with Crippen molar-refractivity contribution >= 4 is 11.8 Å². The third kappa shape index (κ3) is 5.42. The molecular weight excluding hydrogens is 346 g/mol. The molecule has 2 amide bonds. The molecule has 0 saturated heterocycles. The molecule has 2 saturated carbocycles. The van der Waals surface area contributed by atoms with Gasteiger partial charge in [-0.05, 0) is 44.6 Å². The Morgan fingerprint density at radius 3 is 2.74 bits per heavy atom. The summed E-state index contributed by atoms with van der Waals surface area (Å²) < 4.78 is 11.1. The standard InChI is InChI=1S/C20H29N3O4/c1-3-10-27-17-11-13(19(24)22-15-5-6-15)4-7-16(17)23-20(25)14-8-9-21-18(12-14)26-2/h8-9,12-13,15-17H,3-7,10-11H2,1-2H3,(H,22,24)(H,23,25)/t13-,16+,17+/m0/s1. The highest BCUT2D eigenvalue weighted by atomic mass is 16.5. The van der Waals surface area contributed by atoms with Crippen molar-refractivity contribution in [2.24, 2.45) is 5.92 Å². The predicted molar refractivity (Wildman–Crippen MR) is 101 cm³/mol. The molecule has 1 heterocycles. The Labute approximate surface area is 160 Å². The van der Waals surface area contributed by atoms with Gasteiger partial charge in [-0.2, -0.15) is 0 Å². The topological polar surface area (TPSA) is 89.6 Å². The summed E-state index contributed by atoms with van der Waals surface area (Å²) in [4.78, 5) is 29.1. The van der Waals surface area contributed by atoms with E-state index in [1.807, 2.05) is 0 Å². The molecule has 2 aliphatic rings.